The number of phenols is 1. The zero-order valence-electron chi connectivity index (χ0n) is 15.2. The predicted octanol–water partition coefficient (Wildman–Crippen LogP) is 6.35. The summed E-state index contributed by atoms with van der Waals surface area (Å²) in [5.74, 6) is 1.16. The van der Waals surface area contributed by atoms with E-state index in [-0.39, 0.29) is 5.75 Å². The van der Waals surface area contributed by atoms with Gasteiger partial charge in [0, 0.05) is 5.02 Å². The normalized spacial score (nSPS) is 13.9. The smallest absolute Gasteiger partial charge is 0.119 e. The third-order valence-electron chi connectivity index (χ3n) is 5.11. The molecule has 3 aromatic carbocycles. The molecule has 0 aliphatic heterocycles. The third-order valence-corrected chi connectivity index (χ3v) is 5.36. The molecule has 0 spiro atoms. The summed E-state index contributed by atoms with van der Waals surface area (Å²) < 4.78 is 5.44. The highest BCUT2D eigenvalue weighted by molar-refractivity contribution is 6.30. The molecule has 0 unspecified atom stereocenters. The Morgan fingerprint density at radius 3 is 2.26 bits per heavy atom. The van der Waals surface area contributed by atoms with Crippen LogP contribution in [0.4, 0.5) is 0 Å². The van der Waals surface area contributed by atoms with Crippen molar-refractivity contribution in [2.24, 2.45) is 0 Å². The van der Waals surface area contributed by atoms with Crippen LogP contribution >= 0.6 is 11.6 Å². The van der Waals surface area contributed by atoms with Crippen molar-refractivity contribution in [3.63, 3.8) is 0 Å². The molecule has 0 saturated heterocycles. The van der Waals surface area contributed by atoms with Crippen molar-refractivity contribution in [2.45, 2.75) is 19.3 Å². The van der Waals surface area contributed by atoms with Crippen molar-refractivity contribution in [3.8, 4) is 11.5 Å². The van der Waals surface area contributed by atoms with E-state index in [9.17, 15) is 5.11 Å². The lowest BCUT2D eigenvalue weighted by Gasteiger charge is -2.17. The van der Waals surface area contributed by atoms with Gasteiger partial charge in [0.05, 0.1) is 7.11 Å². The van der Waals surface area contributed by atoms with E-state index < -0.39 is 0 Å². The first-order chi connectivity index (χ1) is 13.2. The number of aromatic hydroxyl groups is 1. The predicted molar refractivity (Wildman–Crippen MR) is 111 cm³/mol. The van der Waals surface area contributed by atoms with Gasteiger partial charge in [-0.25, -0.2) is 0 Å². The van der Waals surface area contributed by atoms with Crippen LogP contribution in [0.1, 0.15) is 35.1 Å². The van der Waals surface area contributed by atoms with Crippen LogP contribution in [-0.4, -0.2) is 12.2 Å². The van der Waals surface area contributed by atoms with Crippen LogP contribution in [0.25, 0.3) is 11.1 Å². The number of hydrogen-bond donors (Lipinski definition) is 1. The molecule has 1 N–H and O–H groups in total. The van der Waals surface area contributed by atoms with Crippen molar-refractivity contribution >= 4 is 22.7 Å². The number of rotatable bonds is 3. The van der Waals surface area contributed by atoms with Gasteiger partial charge in [0.1, 0.15) is 11.5 Å². The number of ether oxygens (including phenoxy) is 1. The summed E-state index contributed by atoms with van der Waals surface area (Å²) in [5, 5.41) is 10.5. The molecular formula is C24H21ClO2. The summed E-state index contributed by atoms with van der Waals surface area (Å²) >= 11 is 6.11. The highest BCUT2D eigenvalue weighted by atomic mass is 35.5. The Balaban J connectivity index is 1.98. The van der Waals surface area contributed by atoms with Crippen LogP contribution in [0.15, 0.2) is 66.7 Å². The van der Waals surface area contributed by atoms with E-state index in [0.29, 0.717) is 0 Å². The summed E-state index contributed by atoms with van der Waals surface area (Å²) in [4.78, 5) is 0. The molecule has 0 bridgehead atoms. The van der Waals surface area contributed by atoms with Crippen LogP contribution in [0.5, 0.6) is 11.5 Å². The fourth-order valence-electron chi connectivity index (χ4n) is 3.79. The van der Waals surface area contributed by atoms with Gasteiger partial charge in [0.15, 0.2) is 0 Å². The van der Waals surface area contributed by atoms with E-state index in [2.05, 4.69) is 24.3 Å². The standard InChI is InChI=1S/C24H21ClO2/c1-27-21-13-14-23-18(15-21)3-2-4-22(16-5-9-19(25)10-6-16)24(23)17-7-11-20(26)12-8-17/h5-15,26H,2-4H2,1H3. The monoisotopic (exact) mass is 376 g/mol. The average Bonchev–Trinajstić information content (AvgIpc) is 2.88. The van der Waals surface area contributed by atoms with Gasteiger partial charge in [-0.2, -0.15) is 0 Å². The minimum Gasteiger partial charge on any atom is -0.508 e. The second kappa shape index (κ2) is 7.50. The number of hydrogen-bond acceptors (Lipinski definition) is 2. The molecule has 0 heterocycles. The molecular weight excluding hydrogens is 356 g/mol. The lowest BCUT2D eigenvalue weighted by Crippen LogP contribution is -1.97. The number of methoxy groups -OCH3 is 1. The van der Waals surface area contributed by atoms with E-state index in [1.165, 1.54) is 27.8 Å². The Hall–Kier alpha value is -2.71. The molecule has 3 heteroatoms. The summed E-state index contributed by atoms with van der Waals surface area (Å²) in [5.41, 5.74) is 7.33. The molecule has 0 atom stereocenters. The molecule has 1 aliphatic carbocycles. The van der Waals surface area contributed by atoms with Gasteiger partial charge in [0.25, 0.3) is 0 Å². The Morgan fingerprint density at radius 2 is 1.56 bits per heavy atom. The lowest BCUT2D eigenvalue weighted by molar-refractivity contribution is 0.414. The number of allylic oxidation sites excluding steroid dienone is 1. The molecule has 0 amide bonds. The van der Waals surface area contributed by atoms with Crippen molar-refractivity contribution in [1.29, 1.82) is 0 Å². The van der Waals surface area contributed by atoms with Gasteiger partial charge in [-0.1, -0.05) is 41.9 Å². The molecule has 3 aromatic rings. The maximum Gasteiger partial charge on any atom is 0.119 e. The van der Waals surface area contributed by atoms with Gasteiger partial charge in [-0.3, -0.25) is 0 Å². The third kappa shape index (κ3) is 3.58. The zero-order chi connectivity index (χ0) is 18.8. The quantitative estimate of drug-likeness (QED) is 0.577. The molecule has 2 nitrogen and oxygen atoms in total. The van der Waals surface area contributed by atoms with Gasteiger partial charge in [-0.15, -0.1) is 0 Å². The number of halogens is 1. The van der Waals surface area contributed by atoms with Crippen LogP contribution in [0, 0.1) is 0 Å². The first-order valence-electron chi connectivity index (χ1n) is 9.11. The van der Waals surface area contributed by atoms with Crippen LogP contribution < -0.4 is 4.74 Å². The van der Waals surface area contributed by atoms with Gasteiger partial charge >= 0.3 is 0 Å². The topological polar surface area (TPSA) is 29.5 Å². The number of benzene rings is 3. The van der Waals surface area contributed by atoms with E-state index in [4.69, 9.17) is 16.3 Å². The van der Waals surface area contributed by atoms with Crippen LogP contribution in [-0.2, 0) is 6.42 Å². The van der Waals surface area contributed by atoms with Gasteiger partial charge in [-0.05, 0) is 89.1 Å². The lowest BCUT2D eigenvalue weighted by atomic mass is 9.88. The second-order valence-corrected chi connectivity index (χ2v) is 7.22. The first-order valence-corrected chi connectivity index (χ1v) is 9.49. The van der Waals surface area contributed by atoms with Crippen LogP contribution in [0.2, 0.25) is 5.02 Å². The Morgan fingerprint density at radius 1 is 0.852 bits per heavy atom. The molecule has 0 radical (unpaired) electrons. The summed E-state index contributed by atoms with van der Waals surface area (Å²) in [6.45, 7) is 0. The molecule has 136 valence electrons. The summed E-state index contributed by atoms with van der Waals surface area (Å²) in [6.07, 6.45) is 3.06. The zero-order valence-corrected chi connectivity index (χ0v) is 16.0. The van der Waals surface area contributed by atoms with Crippen molar-refractivity contribution < 1.29 is 9.84 Å². The largest absolute Gasteiger partial charge is 0.508 e. The van der Waals surface area contributed by atoms with E-state index in [1.807, 2.05) is 30.3 Å². The maximum absolute atomic E-state index is 9.74. The fourth-order valence-corrected chi connectivity index (χ4v) is 3.91. The van der Waals surface area contributed by atoms with Gasteiger partial charge in [0.2, 0.25) is 0 Å². The Bertz CT molecular complexity index is 986. The molecule has 0 saturated carbocycles. The van der Waals surface area contributed by atoms with Crippen molar-refractivity contribution in [1.82, 2.24) is 0 Å². The second-order valence-electron chi connectivity index (χ2n) is 6.78. The number of phenolic OH excluding ortho intramolecular Hbond substituents is 1. The minimum atomic E-state index is 0.274. The molecule has 1 aliphatic rings. The molecule has 27 heavy (non-hydrogen) atoms. The highest BCUT2D eigenvalue weighted by Gasteiger charge is 2.20. The van der Waals surface area contributed by atoms with Gasteiger partial charge < -0.3 is 9.84 Å². The summed E-state index contributed by atoms with van der Waals surface area (Å²) in [6, 6.07) is 21.8. The van der Waals surface area contributed by atoms with E-state index >= 15 is 0 Å². The summed E-state index contributed by atoms with van der Waals surface area (Å²) in [7, 11) is 1.70. The maximum atomic E-state index is 9.74. The van der Waals surface area contributed by atoms with Crippen molar-refractivity contribution in [3.05, 3.63) is 94.0 Å². The molecule has 4 rings (SSSR count). The highest BCUT2D eigenvalue weighted by Crippen LogP contribution is 2.41. The SMILES string of the molecule is COc1ccc2c(c1)CCCC(c1ccc(Cl)cc1)=C2c1ccc(O)cc1. The first kappa shape index (κ1) is 17.7. The molecule has 0 fully saturated rings. The van der Waals surface area contributed by atoms with E-state index in [0.717, 1.165) is 35.6 Å². The fraction of sp³-hybridized carbons (Fsp3) is 0.167. The van der Waals surface area contributed by atoms with Crippen molar-refractivity contribution in [2.75, 3.05) is 7.11 Å². The number of aryl methyl sites for hydroxylation is 1. The minimum absolute atomic E-state index is 0.274. The Kier molecular flexibility index (Phi) is 4.91. The Labute approximate surface area is 164 Å². The molecule has 0 aromatic heterocycles. The average molecular weight is 377 g/mol. The number of fused-ring (bicyclic) bond motifs is 1. The van der Waals surface area contributed by atoms with Crippen LogP contribution in [0.3, 0.4) is 0 Å². The van der Waals surface area contributed by atoms with E-state index in [1.54, 1.807) is 19.2 Å².